The van der Waals surface area contributed by atoms with Crippen LogP contribution in [-0.4, -0.2) is 38.2 Å². The van der Waals surface area contributed by atoms with E-state index >= 15 is 0 Å². The van der Waals surface area contributed by atoms with Gasteiger partial charge in [-0.05, 0) is 36.2 Å². The van der Waals surface area contributed by atoms with Crippen LogP contribution in [0.3, 0.4) is 0 Å². The highest BCUT2D eigenvalue weighted by Crippen LogP contribution is 2.24. The molecular weight excluding hydrogens is 448 g/mol. The number of carbonyl (C=O) groups is 1. The van der Waals surface area contributed by atoms with Gasteiger partial charge in [0.1, 0.15) is 10.8 Å². The molecule has 0 aliphatic carbocycles. The van der Waals surface area contributed by atoms with Crippen LogP contribution in [0.1, 0.15) is 32.5 Å². The monoisotopic (exact) mass is 472 g/mol. The lowest BCUT2D eigenvalue weighted by molar-refractivity contribution is 0.0954. The number of sulfonamides is 1. The quantitative estimate of drug-likeness (QED) is 0.221. The van der Waals surface area contributed by atoms with E-state index in [9.17, 15) is 13.2 Å². The average Bonchev–Trinajstić information content (AvgIpc) is 3.32. The van der Waals surface area contributed by atoms with E-state index in [-0.39, 0.29) is 22.8 Å². The van der Waals surface area contributed by atoms with E-state index in [2.05, 4.69) is 15.0 Å². The normalized spacial score (nSPS) is 12.3. The van der Waals surface area contributed by atoms with Crippen LogP contribution in [0, 0.1) is 5.41 Å². The van der Waals surface area contributed by atoms with Gasteiger partial charge in [-0.25, -0.2) is 18.1 Å². The minimum Gasteiger partial charge on any atom is -0.384 e. The van der Waals surface area contributed by atoms with Crippen LogP contribution in [0.4, 0.5) is 0 Å². The number of nitrogen functional groups attached to an aromatic ring is 1. The summed E-state index contributed by atoms with van der Waals surface area (Å²) in [7, 11) is -3.96. The lowest BCUT2D eigenvalue weighted by Gasteiger charge is -2.18. The Morgan fingerprint density at radius 3 is 2.59 bits per heavy atom. The number of amides is 1. The summed E-state index contributed by atoms with van der Waals surface area (Å²) in [5.74, 6) is -0.465. The van der Waals surface area contributed by atoms with E-state index in [1.807, 2.05) is 6.07 Å². The van der Waals surface area contributed by atoms with Crippen LogP contribution in [0.5, 0.6) is 0 Å². The third-order valence-electron chi connectivity index (χ3n) is 4.56. The SMILES string of the molecule is N=C(N)c1cccc(C[C@@H](NS(=O)(=O)c2cccc(C(=O)NCCN)c2)c2nccs2)c1. The summed E-state index contributed by atoms with van der Waals surface area (Å²) in [5.41, 5.74) is 12.6. The first-order chi connectivity index (χ1) is 15.3. The first kappa shape index (κ1) is 23.5. The van der Waals surface area contributed by atoms with Crippen molar-refractivity contribution in [3.05, 3.63) is 81.8 Å². The second-order valence-electron chi connectivity index (χ2n) is 6.93. The van der Waals surface area contributed by atoms with E-state index in [0.717, 1.165) is 5.56 Å². The summed E-state index contributed by atoms with van der Waals surface area (Å²) >= 11 is 1.33. The summed E-state index contributed by atoms with van der Waals surface area (Å²) in [6, 6.07) is 12.2. The summed E-state index contributed by atoms with van der Waals surface area (Å²) < 4.78 is 29.0. The van der Waals surface area contributed by atoms with E-state index < -0.39 is 22.0 Å². The zero-order valence-corrected chi connectivity index (χ0v) is 18.7. The van der Waals surface area contributed by atoms with Crippen LogP contribution >= 0.6 is 11.3 Å². The van der Waals surface area contributed by atoms with Crippen molar-refractivity contribution in [1.29, 1.82) is 5.41 Å². The Labute approximate surface area is 190 Å². The van der Waals surface area contributed by atoms with Crippen molar-refractivity contribution in [1.82, 2.24) is 15.0 Å². The lowest BCUT2D eigenvalue weighted by Crippen LogP contribution is -2.31. The topological polar surface area (TPSA) is 164 Å². The van der Waals surface area contributed by atoms with Crippen molar-refractivity contribution in [2.24, 2.45) is 11.5 Å². The summed E-state index contributed by atoms with van der Waals surface area (Å²) in [6.45, 7) is 0.575. The fourth-order valence-electron chi connectivity index (χ4n) is 3.04. The van der Waals surface area contributed by atoms with Gasteiger partial charge >= 0.3 is 0 Å². The maximum Gasteiger partial charge on any atom is 0.251 e. The molecule has 0 aliphatic rings. The number of amidine groups is 1. The average molecular weight is 473 g/mol. The number of nitrogens with two attached hydrogens (primary N) is 2. The zero-order chi connectivity index (χ0) is 23.1. The van der Waals surface area contributed by atoms with Crippen molar-refractivity contribution in [2.45, 2.75) is 17.4 Å². The lowest BCUT2D eigenvalue weighted by atomic mass is 10.0. The summed E-state index contributed by atoms with van der Waals surface area (Å²) in [6.07, 6.45) is 1.92. The molecule has 2 aromatic carbocycles. The maximum atomic E-state index is 13.2. The third-order valence-corrected chi connectivity index (χ3v) is 6.92. The van der Waals surface area contributed by atoms with Gasteiger partial charge in [0.25, 0.3) is 5.91 Å². The number of hydrogen-bond donors (Lipinski definition) is 5. The molecule has 3 aromatic rings. The summed E-state index contributed by atoms with van der Waals surface area (Å²) in [5, 5.41) is 12.6. The number of hydrogen-bond acceptors (Lipinski definition) is 7. The van der Waals surface area contributed by atoms with Gasteiger partial charge < -0.3 is 16.8 Å². The van der Waals surface area contributed by atoms with Crippen molar-refractivity contribution < 1.29 is 13.2 Å². The second-order valence-corrected chi connectivity index (χ2v) is 9.57. The van der Waals surface area contributed by atoms with E-state index in [1.54, 1.807) is 29.8 Å². The van der Waals surface area contributed by atoms with Gasteiger partial charge in [-0.2, -0.15) is 0 Å². The smallest absolute Gasteiger partial charge is 0.251 e. The minimum atomic E-state index is -3.96. The van der Waals surface area contributed by atoms with Gasteiger partial charge in [0.05, 0.1) is 10.9 Å². The Balaban J connectivity index is 1.87. The number of nitrogens with one attached hydrogen (secondary N) is 3. The minimum absolute atomic E-state index is 0.0306. The van der Waals surface area contributed by atoms with Crippen molar-refractivity contribution >= 4 is 33.1 Å². The molecule has 1 amide bonds. The molecule has 0 saturated heterocycles. The molecule has 9 nitrogen and oxygen atoms in total. The van der Waals surface area contributed by atoms with E-state index in [4.69, 9.17) is 16.9 Å². The van der Waals surface area contributed by atoms with Crippen molar-refractivity contribution in [3.63, 3.8) is 0 Å². The highest BCUT2D eigenvalue weighted by molar-refractivity contribution is 7.89. The maximum absolute atomic E-state index is 13.2. The van der Waals surface area contributed by atoms with Crippen molar-refractivity contribution in [3.8, 4) is 0 Å². The first-order valence-corrected chi connectivity index (χ1v) is 12.1. The molecule has 7 N–H and O–H groups in total. The predicted molar refractivity (Wildman–Crippen MR) is 124 cm³/mol. The van der Waals surface area contributed by atoms with Crippen LogP contribution in [0.15, 0.2) is 65.0 Å². The molecule has 0 spiro atoms. The Kier molecular flexibility index (Phi) is 7.70. The third kappa shape index (κ3) is 5.98. The molecule has 168 valence electrons. The van der Waals surface area contributed by atoms with Gasteiger partial charge in [0.2, 0.25) is 10.0 Å². The molecular formula is C21H24N6O3S2. The van der Waals surface area contributed by atoms with Gasteiger partial charge in [0, 0.05) is 35.8 Å². The molecule has 0 unspecified atom stereocenters. The Morgan fingerprint density at radius 1 is 1.16 bits per heavy atom. The van der Waals surface area contributed by atoms with Crippen molar-refractivity contribution in [2.75, 3.05) is 13.1 Å². The summed E-state index contributed by atoms with van der Waals surface area (Å²) in [4.78, 5) is 16.4. The van der Waals surface area contributed by atoms with Gasteiger partial charge in [-0.1, -0.05) is 24.3 Å². The van der Waals surface area contributed by atoms with Crippen LogP contribution in [0.25, 0.3) is 0 Å². The number of aromatic nitrogens is 1. The van der Waals surface area contributed by atoms with Gasteiger partial charge in [0.15, 0.2) is 0 Å². The first-order valence-electron chi connectivity index (χ1n) is 9.73. The fourth-order valence-corrected chi connectivity index (χ4v) is 5.04. The molecule has 0 bridgehead atoms. The highest BCUT2D eigenvalue weighted by Gasteiger charge is 2.24. The number of carbonyl (C=O) groups excluding carboxylic acids is 1. The Bertz CT molecular complexity index is 1200. The molecule has 1 aromatic heterocycles. The molecule has 0 fully saturated rings. The number of benzene rings is 2. The molecule has 0 aliphatic heterocycles. The standard InChI is InChI=1S/C21H24N6O3S2/c22-7-8-25-20(28)16-5-2-6-17(13-16)32(29,30)27-18(21-26-9-10-31-21)12-14-3-1-4-15(11-14)19(23)24/h1-6,9-11,13,18,27H,7-8,12,22H2,(H3,23,24)(H,25,28)/t18-/m1/s1. The number of thiazole rings is 1. The van der Waals surface area contributed by atoms with Crippen LogP contribution in [-0.2, 0) is 16.4 Å². The molecule has 0 radical (unpaired) electrons. The Hall–Kier alpha value is -3.12. The molecule has 3 rings (SSSR count). The van der Waals surface area contributed by atoms with E-state index in [0.29, 0.717) is 23.5 Å². The molecule has 32 heavy (non-hydrogen) atoms. The molecule has 11 heteroatoms. The predicted octanol–water partition coefficient (Wildman–Crippen LogP) is 1.38. The van der Waals surface area contributed by atoms with Gasteiger partial charge in [-0.15, -0.1) is 11.3 Å². The second kappa shape index (κ2) is 10.5. The van der Waals surface area contributed by atoms with Crippen LogP contribution < -0.4 is 21.5 Å². The number of rotatable bonds is 10. The van der Waals surface area contributed by atoms with Gasteiger partial charge in [-0.3, -0.25) is 10.2 Å². The molecule has 0 saturated carbocycles. The van der Waals surface area contributed by atoms with E-state index in [1.165, 1.54) is 35.6 Å². The largest absolute Gasteiger partial charge is 0.384 e. The number of nitrogens with zero attached hydrogens (tertiary/aromatic N) is 1. The van der Waals surface area contributed by atoms with Crippen LogP contribution in [0.2, 0.25) is 0 Å². The Morgan fingerprint density at radius 2 is 1.91 bits per heavy atom. The highest BCUT2D eigenvalue weighted by atomic mass is 32.2. The molecule has 1 atom stereocenters. The zero-order valence-electron chi connectivity index (χ0n) is 17.1. The molecule has 1 heterocycles. The fraction of sp³-hybridized carbons (Fsp3) is 0.190.